The summed E-state index contributed by atoms with van der Waals surface area (Å²) in [6.45, 7) is 10.9. The third-order valence-electron chi connectivity index (χ3n) is 6.86. The molecule has 0 bridgehead atoms. The van der Waals surface area contributed by atoms with E-state index in [4.69, 9.17) is 5.26 Å². The Hall–Kier alpha value is -2.66. The van der Waals surface area contributed by atoms with Gasteiger partial charge in [-0.15, -0.1) is 0 Å². The van der Waals surface area contributed by atoms with Gasteiger partial charge in [0, 0.05) is 16.9 Å². The molecule has 4 rings (SSSR count). The maximum Gasteiger partial charge on any atom is 0.160 e. The van der Waals surface area contributed by atoms with Crippen molar-refractivity contribution in [2.45, 2.75) is 40.5 Å². The van der Waals surface area contributed by atoms with E-state index in [2.05, 4.69) is 45.9 Å². The molecule has 3 atom stereocenters. The molecule has 0 saturated heterocycles. The number of carbonyl (C=O) groups excluding carboxylic acids is 1. The van der Waals surface area contributed by atoms with E-state index in [0.717, 1.165) is 16.7 Å². The average molecular weight is 355 g/mol. The van der Waals surface area contributed by atoms with Gasteiger partial charge in [0.15, 0.2) is 5.78 Å². The highest BCUT2D eigenvalue weighted by Crippen LogP contribution is 2.75. The Kier molecular flexibility index (Phi) is 3.89. The molecule has 2 aromatic rings. The van der Waals surface area contributed by atoms with E-state index in [1.807, 2.05) is 24.3 Å². The van der Waals surface area contributed by atoms with Crippen molar-refractivity contribution in [3.05, 3.63) is 70.3 Å². The smallest absolute Gasteiger partial charge is 0.160 e. The van der Waals surface area contributed by atoms with Crippen LogP contribution in [0.3, 0.4) is 0 Å². The van der Waals surface area contributed by atoms with E-state index in [9.17, 15) is 4.79 Å². The molecule has 3 unspecified atom stereocenters. The van der Waals surface area contributed by atoms with Crippen LogP contribution in [0.15, 0.2) is 53.6 Å². The number of nitrogens with zero attached hydrogens (tertiary/aromatic N) is 1. The Bertz CT molecular complexity index is 1040. The number of ketones is 1. The van der Waals surface area contributed by atoms with Crippen LogP contribution in [0.25, 0.3) is 11.1 Å². The first-order valence-electron chi connectivity index (χ1n) is 9.71. The number of hydrogen-bond acceptors (Lipinski definition) is 2. The monoisotopic (exact) mass is 355 g/mol. The van der Waals surface area contributed by atoms with Crippen LogP contribution in [0.5, 0.6) is 0 Å². The minimum atomic E-state index is 0.108. The second-order valence-corrected chi connectivity index (χ2v) is 8.50. The Morgan fingerprint density at radius 3 is 2.41 bits per heavy atom. The fourth-order valence-corrected chi connectivity index (χ4v) is 5.10. The summed E-state index contributed by atoms with van der Waals surface area (Å²) in [5.41, 5.74) is 8.00. The first-order chi connectivity index (χ1) is 12.8. The van der Waals surface area contributed by atoms with Crippen LogP contribution in [0, 0.1) is 28.6 Å². The van der Waals surface area contributed by atoms with Gasteiger partial charge >= 0.3 is 0 Å². The molecule has 0 heterocycles. The fraction of sp³-hybridized carbons (Fsp3) is 0.360. The molecule has 0 aliphatic heterocycles. The summed E-state index contributed by atoms with van der Waals surface area (Å²) in [4.78, 5) is 12.5. The van der Waals surface area contributed by atoms with E-state index in [1.165, 1.54) is 5.56 Å². The van der Waals surface area contributed by atoms with Crippen molar-refractivity contribution >= 4 is 5.78 Å². The third kappa shape index (κ3) is 2.42. The quantitative estimate of drug-likeness (QED) is 0.488. The van der Waals surface area contributed by atoms with Crippen LogP contribution in [-0.2, 0) is 0 Å². The molecule has 0 N–H and O–H groups in total. The number of rotatable bonds is 4. The molecule has 2 nitrogen and oxygen atoms in total. The van der Waals surface area contributed by atoms with E-state index < -0.39 is 0 Å². The summed E-state index contributed by atoms with van der Waals surface area (Å²) < 4.78 is 0. The predicted molar refractivity (Wildman–Crippen MR) is 108 cm³/mol. The molecule has 0 radical (unpaired) electrons. The summed E-state index contributed by atoms with van der Waals surface area (Å²) in [5, 5.41) is 9.16. The van der Waals surface area contributed by atoms with Crippen molar-refractivity contribution in [2.24, 2.45) is 17.3 Å². The molecular weight excluding hydrogens is 330 g/mol. The highest BCUT2D eigenvalue weighted by Gasteiger charge is 2.65. The number of nitriles is 1. The van der Waals surface area contributed by atoms with Gasteiger partial charge in [-0.3, -0.25) is 4.79 Å². The Morgan fingerprint density at radius 1 is 1.11 bits per heavy atom. The SMILES string of the molecule is CC(=O)c1cc(-c2cccc(C#N)c2)ccc1C1C2=C(C1C)C2(C)C(C)C. The number of carbonyl (C=O) groups is 1. The summed E-state index contributed by atoms with van der Waals surface area (Å²) in [5.74, 6) is 1.59. The maximum atomic E-state index is 12.5. The molecule has 2 heteroatoms. The van der Waals surface area contributed by atoms with E-state index in [-0.39, 0.29) is 11.2 Å². The fourth-order valence-electron chi connectivity index (χ4n) is 5.10. The lowest BCUT2D eigenvalue weighted by molar-refractivity contribution is 0.101. The lowest BCUT2D eigenvalue weighted by Gasteiger charge is -2.27. The number of benzene rings is 2. The standard InChI is InChI=1S/C25H25NO/c1-14(2)25(5)23-15(3)22(24(23)25)20-10-9-19(12-21(20)16(4)27)18-8-6-7-17(11-18)13-26/h6-12,14-15,22H,1-5H3. The van der Waals surface area contributed by atoms with Gasteiger partial charge < -0.3 is 0 Å². The van der Waals surface area contributed by atoms with Gasteiger partial charge in [0.25, 0.3) is 0 Å². The zero-order chi connectivity index (χ0) is 19.5. The minimum absolute atomic E-state index is 0.108. The second kappa shape index (κ2) is 5.92. The maximum absolute atomic E-state index is 12.5. The van der Waals surface area contributed by atoms with Crippen molar-refractivity contribution in [1.29, 1.82) is 5.26 Å². The molecule has 27 heavy (non-hydrogen) atoms. The molecule has 0 aromatic heterocycles. The van der Waals surface area contributed by atoms with Crippen LogP contribution < -0.4 is 0 Å². The number of hydrogen-bond donors (Lipinski definition) is 0. The van der Waals surface area contributed by atoms with Gasteiger partial charge in [-0.25, -0.2) is 0 Å². The molecular formula is C25H25NO. The van der Waals surface area contributed by atoms with Crippen LogP contribution >= 0.6 is 0 Å². The summed E-state index contributed by atoms with van der Waals surface area (Å²) in [6.07, 6.45) is 0. The first-order valence-corrected chi connectivity index (χ1v) is 9.71. The van der Waals surface area contributed by atoms with Crippen molar-refractivity contribution < 1.29 is 4.79 Å². The van der Waals surface area contributed by atoms with Gasteiger partial charge in [-0.1, -0.05) is 63.1 Å². The average Bonchev–Trinajstić information content (AvgIpc) is 3.22. The Balaban J connectivity index is 1.75. The van der Waals surface area contributed by atoms with Crippen molar-refractivity contribution in [3.63, 3.8) is 0 Å². The molecule has 0 spiro atoms. The van der Waals surface area contributed by atoms with E-state index in [1.54, 1.807) is 24.1 Å². The number of Topliss-reactive ketones (excluding diaryl/α,β-unsaturated/α-hetero) is 1. The predicted octanol–water partition coefficient (Wildman–Crippen LogP) is 6.13. The van der Waals surface area contributed by atoms with Gasteiger partial charge in [0.1, 0.15) is 0 Å². The summed E-state index contributed by atoms with van der Waals surface area (Å²) in [7, 11) is 0. The van der Waals surface area contributed by atoms with Crippen LogP contribution in [0.4, 0.5) is 0 Å². The second-order valence-electron chi connectivity index (χ2n) is 8.50. The Labute approximate surface area is 161 Å². The van der Waals surface area contributed by atoms with Gasteiger partial charge in [0.2, 0.25) is 0 Å². The lowest BCUT2D eigenvalue weighted by Crippen LogP contribution is -2.16. The molecule has 0 fully saturated rings. The highest BCUT2D eigenvalue weighted by atomic mass is 16.1. The topological polar surface area (TPSA) is 40.9 Å². The van der Waals surface area contributed by atoms with Crippen LogP contribution in [0.2, 0.25) is 0 Å². The Morgan fingerprint density at radius 2 is 1.81 bits per heavy atom. The molecule has 136 valence electrons. The highest BCUT2D eigenvalue weighted by molar-refractivity contribution is 5.97. The molecule has 2 aliphatic rings. The summed E-state index contributed by atoms with van der Waals surface area (Å²) in [6, 6.07) is 16.0. The molecule has 0 saturated carbocycles. The lowest BCUT2D eigenvalue weighted by atomic mass is 9.76. The molecule has 0 amide bonds. The minimum Gasteiger partial charge on any atom is -0.295 e. The van der Waals surface area contributed by atoms with Crippen LogP contribution in [0.1, 0.15) is 62.0 Å². The molecule has 2 aromatic carbocycles. The van der Waals surface area contributed by atoms with Gasteiger partial charge in [-0.05, 0) is 53.6 Å². The normalized spacial score (nSPS) is 25.7. The molecule has 2 aliphatic carbocycles. The van der Waals surface area contributed by atoms with E-state index >= 15 is 0 Å². The first kappa shape index (κ1) is 17.7. The summed E-state index contributed by atoms with van der Waals surface area (Å²) >= 11 is 0. The zero-order valence-corrected chi connectivity index (χ0v) is 16.6. The van der Waals surface area contributed by atoms with Gasteiger partial charge in [-0.2, -0.15) is 5.26 Å². The third-order valence-corrected chi connectivity index (χ3v) is 6.86. The van der Waals surface area contributed by atoms with E-state index in [0.29, 0.717) is 23.3 Å². The van der Waals surface area contributed by atoms with Gasteiger partial charge in [0.05, 0.1) is 11.6 Å². The number of allylic oxidation sites excluding steroid dienone is 2. The largest absolute Gasteiger partial charge is 0.295 e. The van der Waals surface area contributed by atoms with Crippen LogP contribution in [-0.4, -0.2) is 5.78 Å². The van der Waals surface area contributed by atoms with Crippen molar-refractivity contribution in [1.82, 2.24) is 0 Å². The zero-order valence-electron chi connectivity index (χ0n) is 16.6. The van der Waals surface area contributed by atoms with Crippen molar-refractivity contribution in [3.8, 4) is 17.2 Å². The van der Waals surface area contributed by atoms with Crippen molar-refractivity contribution in [2.75, 3.05) is 0 Å².